The van der Waals surface area contributed by atoms with Crippen LogP contribution < -0.4 is 0 Å². The molecule has 0 radical (unpaired) electrons. The number of phenols is 1. The summed E-state index contributed by atoms with van der Waals surface area (Å²) in [4.78, 5) is 7.30. The highest BCUT2D eigenvalue weighted by molar-refractivity contribution is 6.10. The first-order valence-electron chi connectivity index (χ1n) is 8.02. The van der Waals surface area contributed by atoms with Gasteiger partial charge in [-0.3, -0.25) is 0 Å². The number of benzene rings is 2. The van der Waals surface area contributed by atoms with Crippen LogP contribution in [-0.4, -0.2) is 44.4 Å². The molecule has 0 fully saturated rings. The maximum Gasteiger partial charge on any atom is 0.293 e. The molecule has 24 heavy (non-hydrogen) atoms. The number of nitrogens with zero attached hydrogens (tertiary/aromatic N) is 2. The second-order valence-electron chi connectivity index (χ2n) is 5.50. The fourth-order valence-electron chi connectivity index (χ4n) is 1.93. The van der Waals surface area contributed by atoms with Crippen molar-refractivity contribution in [3.05, 3.63) is 71.6 Å². The number of allylic oxidation sites excluding steroid dienone is 1. The third-order valence-electron chi connectivity index (χ3n) is 3.26. The highest BCUT2D eigenvalue weighted by Gasteiger charge is 2.07. The van der Waals surface area contributed by atoms with Gasteiger partial charge < -0.3 is 14.8 Å². The third-order valence-corrected chi connectivity index (χ3v) is 3.26. The highest BCUT2D eigenvalue weighted by Crippen LogP contribution is 2.13. The Morgan fingerprint density at radius 3 is 2.67 bits per heavy atom. The van der Waals surface area contributed by atoms with Gasteiger partial charge in [0.05, 0.1) is 0 Å². The van der Waals surface area contributed by atoms with E-state index in [-0.39, 0.29) is 5.82 Å². The zero-order valence-corrected chi connectivity index (χ0v) is 13.8. The zero-order chi connectivity index (χ0) is 18.1. The molecule has 0 aliphatic rings. The van der Waals surface area contributed by atoms with Crippen molar-refractivity contribution in [2.24, 2.45) is 5.16 Å². The molecule has 0 heterocycles. The SMILES string of the molecule is [2H]Oc1ccc(/C=C/C(=N\OCCN(C)C)c2ccccc2F)cc1. The molecule has 0 aliphatic heterocycles. The van der Waals surface area contributed by atoms with Crippen molar-refractivity contribution in [2.45, 2.75) is 0 Å². The van der Waals surface area contributed by atoms with Crippen LogP contribution >= 0.6 is 0 Å². The van der Waals surface area contributed by atoms with E-state index in [4.69, 9.17) is 6.27 Å². The summed E-state index contributed by atoms with van der Waals surface area (Å²) in [6, 6.07) is 13.4. The maximum absolute atomic E-state index is 14.1. The molecule has 126 valence electrons. The molecule has 0 atom stereocenters. The van der Waals surface area contributed by atoms with Crippen LogP contribution in [0.1, 0.15) is 11.1 Å². The van der Waals surface area contributed by atoms with Crippen LogP contribution in [0.3, 0.4) is 0 Å². The average molecular weight is 329 g/mol. The summed E-state index contributed by atoms with van der Waals surface area (Å²) in [6.07, 6.45) is 3.50. The molecule has 2 aromatic rings. The van der Waals surface area contributed by atoms with Gasteiger partial charge in [-0.05, 0) is 50.0 Å². The van der Waals surface area contributed by atoms with Crippen molar-refractivity contribution < 1.29 is 14.3 Å². The number of halogens is 1. The standard InChI is InChI=1S/C19H21FN2O2/c1-22(2)13-14-24-21-19(17-5-3-4-6-18(17)20)12-9-15-7-10-16(23)11-8-15/h3-12,23H,13-14H2,1-2H3/b12-9+,21-19+/i/hD. The molecule has 0 unspecified atom stereocenters. The first kappa shape index (κ1) is 16.2. The number of phenolic OH excluding ortho intramolecular Hbond substituents is 1. The summed E-state index contributed by atoms with van der Waals surface area (Å²) in [6.45, 7) is 1.13. The molecular weight excluding hydrogens is 307 g/mol. The second kappa shape index (κ2) is 8.84. The molecule has 0 amide bonds. The Hall–Kier alpha value is -2.66. The van der Waals surface area contributed by atoms with Gasteiger partial charge in [0.25, 0.3) is 1.43 Å². The number of hydrogen-bond acceptors (Lipinski definition) is 4. The molecule has 2 rings (SSSR count). The molecule has 0 aromatic heterocycles. The van der Waals surface area contributed by atoms with Crippen molar-refractivity contribution in [3.63, 3.8) is 0 Å². The molecular formula is C19H21FN2O2. The Balaban J connectivity index is 2.19. The van der Waals surface area contributed by atoms with Crippen LogP contribution in [0.25, 0.3) is 6.08 Å². The largest absolute Gasteiger partial charge is 0.508 e. The summed E-state index contributed by atoms with van der Waals surface area (Å²) >= 11 is 0. The molecule has 0 aliphatic carbocycles. The van der Waals surface area contributed by atoms with Crippen LogP contribution in [0.15, 0.2) is 59.8 Å². The third kappa shape index (κ3) is 5.52. The Morgan fingerprint density at radius 1 is 1.25 bits per heavy atom. The van der Waals surface area contributed by atoms with E-state index >= 15 is 0 Å². The second-order valence-corrected chi connectivity index (χ2v) is 5.50. The van der Waals surface area contributed by atoms with Crippen LogP contribution in [0.2, 0.25) is 0 Å². The minimum Gasteiger partial charge on any atom is -0.508 e. The van der Waals surface area contributed by atoms with Gasteiger partial charge in [0, 0.05) is 12.1 Å². The average Bonchev–Trinajstić information content (AvgIpc) is 2.62. The van der Waals surface area contributed by atoms with E-state index in [2.05, 4.69) is 10.3 Å². The lowest BCUT2D eigenvalue weighted by molar-refractivity contribution is 0.126. The fraction of sp³-hybridized carbons (Fsp3) is 0.211. The summed E-state index contributed by atoms with van der Waals surface area (Å²) in [5.74, 6) is 0.0900. The van der Waals surface area contributed by atoms with Crippen LogP contribution in [-0.2, 0) is 4.84 Å². The number of rotatable bonds is 8. The van der Waals surface area contributed by atoms with Crippen molar-refractivity contribution in [1.82, 2.24) is 4.90 Å². The van der Waals surface area contributed by atoms with Gasteiger partial charge in [-0.2, -0.15) is 0 Å². The Morgan fingerprint density at radius 2 is 2.00 bits per heavy atom. The summed E-state index contributed by atoms with van der Waals surface area (Å²) < 4.78 is 20.9. The Kier molecular flexibility index (Phi) is 5.97. The van der Waals surface area contributed by atoms with Crippen molar-refractivity contribution in [1.29, 1.82) is 1.43 Å². The highest BCUT2D eigenvalue weighted by atomic mass is 19.1. The Labute approximate surface area is 143 Å². The van der Waals surface area contributed by atoms with Gasteiger partial charge in [0.2, 0.25) is 0 Å². The van der Waals surface area contributed by atoms with Gasteiger partial charge >= 0.3 is 0 Å². The lowest BCUT2D eigenvalue weighted by atomic mass is 10.1. The van der Waals surface area contributed by atoms with E-state index in [1.165, 1.54) is 6.07 Å². The first-order valence-corrected chi connectivity index (χ1v) is 7.61. The van der Waals surface area contributed by atoms with Crippen molar-refractivity contribution >= 4 is 11.8 Å². The number of likely N-dealkylation sites (N-methyl/N-ethyl adjacent to an activating group) is 1. The molecule has 0 saturated heterocycles. The molecule has 1 N–H and O–H groups in total. The van der Waals surface area contributed by atoms with Crippen LogP contribution in [0.4, 0.5) is 4.39 Å². The molecule has 0 spiro atoms. The number of hydrogen-bond donors (Lipinski definition) is 1. The van der Waals surface area contributed by atoms with Crippen molar-refractivity contribution in [3.8, 4) is 5.75 Å². The predicted octanol–water partition coefficient (Wildman–Crippen LogP) is 3.53. The molecule has 2 aromatic carbocycles. The zero-order valence-electron chi connectivity index (χ0n) is 14.8. The van der Waals surface area contributed by atoms with Crippen LogP contribution in [0, 0.1) is 5.82 Å². The minimum absolute atomic E-state index is 0.361. The van der Waals surface area contributed by atoms with Gasteiger partial charge in [-0.15, -0.1) is 0 Å². The van der Waals surface area contributed by atoms with Gasteiger partial charge in [0.1, 0.15) is 23.9 Å². The van der Waals surface area contributed by atoms with Gasteiger partial charge in [-0.1, -0.05) is 35.5 Å². The lowest BCUT2D eigenvalue weighted by Crippen LogP contribution is -2.17. The van der Waals surface area contributed by atoms with E-state index in [0.717, 1.165) is 5.56 Å². The topological polar surface area (TPSA) is 45.1 Å². The summed E-state index contributed by atoms with van der Waals surface area (Å²) in [5.41, 5.74) is 1.64. The van der Waals surface area contributed by atoms with E-state index in [1.54, 1.807) is 54.6 Å². The van der Waals surface area contributed by atoms with Gasteiger partial charge in [0.15, 0.2) is 0 Å². The van der Waals surface area contributed by atoms with E-state index < -0.39 is 0 Å². The van der Waals surface area contributed by atoms with Gasteiger partial charge in [-0.25, -0.2) is 4.39 Å². The number of oxime groups is 1. The van der Waals surface area contributed by atoms with Crippen LogP contribution in [0.5, 0.6) is 5.75 Å². The predicted molar refractivity (Wildman–Crippen MR) is 94.6 cm³/mol. The number of aromatic hydroxyl groups is 1. The lowest BCUT2D eigenvalue weighted by Gasteiger charge is -2.08. The smallest absolute Gasteiger partial charge is 0.293 e. The monoisotopic (exact) mass is 329 g/mol. The fourth-order valence-corrected chi connectivity index (χ4v) is 1.93. The molecule has 0 saturated carbocycles. The van der Waals surface area contributed by atoms with E-state index in [1.807, 2.05) is 19.0 Å². The minimum atomic E-state index is -0.361. The molecule has 4 nitrogen and oxygen atoms in total. The molecule has 5 heteroatoms. The quantitative estimate of drug-likeness (QED) is 0.458. The Bertz CT molecular complexity index is 730. The van der Waals surface area contributed by atoms with E-state index in [0.29, 0.717) is 30.2 Å². The van der Waals surface area contributed by atoms with Crippen molar-refractivity contribution in [2.75, 3.05) is 27.2 Å². The summed E-state index contributed by atoms with van der Waals surface area (Å²) in [5, 5.41) is 8.48. The van der Waals surface area contributed by atoms with E-state index in [9.17, 15) is 4.39 Å². The molecule has 0 bridgehead atoms. The normalized spacial score (nSPS) is 12.5. The maximum atomic E-state index is 14.1. The summed E-state index contributed by atoms with van der Waals surface area (Å²) in [7, 11) is 3.88. The first-order chi connectivity index (χ1) is 12.1.